The molecule has 0 amide bonds. The first-order valence-electron chi connectivity index (χ1n) is 5.68. The molecular formula is C12H21N3. The summed E-state index contributed by atoms with van der Waals surface area (Å²) in [5.74, 6) is 0. The Bertz CT molecular complexity index is 366. The summed E-state index contributed by atoms with van der Waals surface area (Å²) < 4.78 is 0. The molecule has 84 valence electrons. The van der Waals surface area contributed by atoms with E-state index in [0.717, 1.165) is 23.0 Å². The molecule has 0 aliphatic heterocycles. The van der Waals surface area contributed by atoms with Crippen molar-refractivity contribution in [3.05, 3.63) is 24.2 Å². The van der Waals surface area contributed by atoms with Crippen molar-refractivity contribution in [3.8, 4) is 0 Å². The fourth-order valence-electron chi connectivity index (χ4n) is 1.08. The Morgan fingerprint density at radius 3 is 2.40 bits per heavy atom. The molecule has 0 aromatic carbocycles. The summed E-state index contributed by atoms with van der Waals surface area (Å²) in [6.45, 7) is 10.1. The molecule has 15 heavy (non-hydrogen) atoms. The molecule has 0 saturated carbocycles. The van der Waals surface area contributed by atoms with Crippen LogP contribution in [-0.2, 0) is 6.42 Å². The van der Waals surface area contributed by atoms with Crippen molar-refractivity contribution < 1.29 is 0 Å². The van der Waals surface area contributed by atoms with Gasteiger partial charge in [0, 0.05) is 11.1 Å². The molecule has 0 atom stereocenters. The lowest BCUT2D eigenvalue weighted by molar-refractivity contribution is 1.04. The normalized spacial score (nSPS) is 8.60. The number of hydrogen-bond acceptors (Lipinski definition) is 2. The molecule has 0 radical (unpaired) electrons. The van der Waals surface area contributed by atoms with E-state index in [4.69, 9.17) is 0 Å². The number of nitrogens with one attached hydrogen (secondary N) is 1. The second-order valence-electron chi connectivity index (χ2n) is 2.49. The number of rotatable bonds is 1. The van der Waals surface area contributed by atoms with Gasteiger partial charge in [0.1, 0.15) is 0 Å². The zero-order valence-electron chi connectivity index (χ0n) is 10.3. The Morgan fingerprint density at radius 2 is 1.80 bits per heavy atom. The summed E-state index contributed by atoms with van der Waals surface area (Å²) in [5, 5.41) is 7.91. The lowest BCUT2D eigenvalue weighted by Crippen LogP contribution is -1.84. The van der Waals surface area contributed by atoms with Gasteiger partial charge in [0.05, 0.1) is 17.9 Å². The summed E-state index contributed by atoms with van der Waals surface area (Å²) in [7, 11) is 0. The first kappa shape index (κ1) is 13.6. The number of fused-ring (bicyclic) bond motifs is 1. The highest BCUT2D eigenvalue weighted by molar-refractivity contribution is 5.76. The molecule has 0 spiro atoms. The lowest BCUT2D eigenvalue weighted by atomic mass is 10.2. The van der Waals surface area contributed by atoms with E-state index in [0.29, 0.717) is 0 Å². The van der Waals surface area contributed by atoms with Crippen LogP contribution in [0, 0.1) is 0 Å². The zero-order valence-corrected chi connectivity index (χ0v) is 10.3. The van der Waals surface area contributed by atoms with Crippen LogP contribution in [-0.4, -0.2) is 15.2 Å². The Hall–Kier alpha value is -1.38. The maximum atomic E-state index is 4.23. The summed E-state index contributed by atoms with van der Waals surface area (Å²) in [5.41, 5.74) is 2.11. The van der Waals surface area contributed by atoms with Gasteiger partial charge in [-0.05, 0) is 12.5 Å². The van der Waals surface area contributed by atoms with Gasteiger partial charge in [0.2, 0.25) is 0 Å². The maximum absolute atomic E-state index is 4.23. The van der Waals surface area contributed by atoms with Crippen molar-refractivity contribution in [3.63, 3.8) is 0 Å². The first-order chi connectivity index (χ1) is 7.40. The van der Waals surface area contributed by atoms with E-state index in [9.17, 15) is 0 Å². The van der Waals surface area contributed by atoms with Gasteiger partial charge in [-0.15, -0.1) is 0 Å². The van der Waals surface area contributed by atoms with Crippen molar-refractivity contribution in [2.75, 3.05) is 0 Å². The van der Waals surface area contributed by atoms with Crippen LogP contribution < -0.4 is 0 Å². The molecule has 0 aliphatic carbocycles. The van der Waals surface area contributed by atoms with Crippen molar-refractivity contribution in [2.24, 2.45) is 0 Å². The number of aromatic amines is 1. The van der Waals surface area contributed by atoms with Gasteiger partial charge >= 0.3 is 0 Å². The molecule has 3 nitrogen and oxygen atoms in total. The summed E-state index contributed by atoms with van der Waals surface area (Å²) in [6, 6.07) is 2.05. The van der Waals surface area contributed by atoms with E-state index in [2.05, 4.69) is 28.2 Å². The molecule has 0 aliphatic rings. The Balaban J connectivity index is 0.000000442. The van der Waals surface area contributed by atoms with Crippen LogP contribution in [0.15, 0.2) is 18.5 Å². The van der Waals surface area contributed by atoms with Gasteiger partial charge in [-0.3, -0.25) is 10.1 Å². The van der Waals surface area contributed by atoms with Gasteiger partial charge in [-0.1, -0.05) is 34.6 Å². The van der Waals surface area contributed by atoms with Gasteiger partial charge < -0.3 is 0 Å². The summed E-state index contributed by atoms with van der Waals surface area (Å²) in [6.07, 6.45) is 4.61. The van der Waals surface area contributed by atoms with Crippen LogP contribution >= 0.6 is 0 Å². The largest absolute Gasteiger partial charge is 0.276 e. The van der Waals surface area contributed by atoms with E-state index in [1.54, 1.807) is 0 Å². The molecule has 3 heteroatoms. The molecule has 0 fully saturated rings. The van der Waals surface area contributed by atoms with Gasteiger partial charge in [0.15, 0.2) is 0 Å². The number of hydrogen-bond donors (Lipinski definition) is 1. The highest BCUT2D eigenvalue weighted by Crippen LogP contribution is 2.09. The first-order valence-corrected chi connectivity index (χ1v) is 5.68. The van der Waals surface area contributed by atoms with E-state index < -0.39 is 0 Å². The molecule has 2 heterocycles. The molecule has 0 bridgehead atoms. The van der Waals surface area contributed by atoms with E-state index in [1.165, 1.54) is 0 Å². The van der Waals surface area contributed by atoms with Crippen LogP contribution in [0.25, 0.3) is 10.9 Å². The van der Waals surface area contributed by atoms with E-state index in [1.807, 2.05) is 40.1 Å². The predicted octanol–water partition coefficient (Wildman–Crippen LogP) is 3.57. The Morgan fingerprint density at radius 1 is 1.13 bits per heavy atom. The third kappa shape index (κ3) is 3.70. The number of H-pyrrole nitrogens is 1. The van der Waals surface area contributed by atoms with Crippen molar-refractivity contribution >= 4 is 10.9 Å². The van der Waals surface area contributed by atoms with Crippen molar-refractivity contribution in [1.29, 1.82) is 0 Å². The Labute approximate surface area is 91.9 Å². The average Bonchev–Trinajstić information content (AvgIpc) is 2.81. The predicted molar refractivity (Wildman–Crippen MR) is 66.0 cm³/mol. The van der Waals surface area contributed by atoms with Crippen LogP contribution in [0.2, 0.25) is 0 Å². The average molecular weight is 207 g/mol. The minimum absolute atomic E-state index is 0.973. The SMILES string of the molecule is CC.CC.CCc1cc2cn[nH]c2cn1. The van der Waals surface area contributed by atoms with Crippen LogP contribution in [0.1, 0.15) is 40.3 Å². The van der Waals surface area contributed by atoms with Crippen LogP contribution in [0.4, 0.5) is 0 Å². The van der Waals surface area contributed by atoms with Gasteiger partial charge in [0.25, 0.3) is 0 Å². The maximum Gasteiger partial charge on any atom is 0.0833 e. The molecule has 2 aromatic heterocycles. The van der Waals surface area contributed by atoms with E-state index >= 15 is 0 Å². The number of pyridine rings is 1. The summed E-state index contributed by atoms with van der Waals surface area (Å²) in [4.78, 5) is 4.23. The van der Waals surface area contributed by atoms with Crippen LogP contribution in [0.3, 0.4) is 0 Å². The summed E-state index contributed by atoms with van der Waals surface area (Å²) >= 11 is 0. The van der Waals surface area contributed by atoms with Crippen LogP contribution in [0.5, 0.6) is 0 Å². The standard InChI is InChI=1S/C8H9N3.2C2H6/c1-2-7-3-6-4-10-11-8(6)5-9-7;2*1-2/h3-5H,2H2,1H3,(H,10,11);2*1-2H3. The monoisotopic (exact) mass is 207 g/mol. The topological polar surface area (TPSA) is 41.6 Å². The minimum Gasteiger partial charge on any atom is -0.276 e. The Kier molecular flexibility index (Phi) is 7.24. The number of aromatic nitrogens is 3. The highest BCUT2D eigenvalue weighted by Gasteiger charge is 1.95. The fraction of sp³-hybridized carbons (Fsp3) is 0.500. The third-order valence-corrected chi connectivity index (χ3v) is 1.74. The lowest BCUT2D eigenvalue weighted by Gasteiger charge is -1.92. The second-order valence-corrected chi connectivity index (χ2v) is 2.49. The molecule has 2 aromatic rings. The van der Waals surface area contributed by atoms with Gasteiger partial charge in [-0.25, -0.2) is 0 Å². The van der Waals surface area contributed by atoms with E-state index in [-0.39, 0.29) is 0 Å². The highest BCUT2D eigenvalue weighted by atomic mass is 15.1. The fourth-order valence-corrected chi connectivity index (χ4v) is 1.08. The van der Waals surface area contributed by atoms with Crippen molar-refractivity contribution in [1.82, 2.24) is 15.2 Å². The number of nitrogens with zero attached hydrogens (tertiary/aromatic N) is 2. The zero-order chi connectivity index (χ0) is 11.7. The van der Waals surface area contributed by atoms with Gasteiger partial charge in [-0.2, -0.15) is 5.10 Å². The molecular weight excluding hydrogens is 186 g/mol. The quantitative estimate of drug-likeness (QED) is 0.776. The number of aryl methyl sites for hydroxylation is 1. The molecule has 0 saturated heterocycles. The van der Waals surface area contributed by atoms with Crippen molar-refractivity contribution in [2.45, 2.75) is 41.0 Å². The minimum atomic E-state index is 0.973. The molecule has 1 N–H and O–H groups in total. The second kappa shape index (κ2) is 7.97. The molecule has 0 unspecified atom stereocenters. The molecule has 2 rings (SSSR count). The third-order valence-electron chi connectivity index (χ3n) is 1.74. The smallest absolute Gasteiger partial charge is 0.0833 e.